The highest BCUT2D eigenvalue weighted by Gasteiger charge is 2.25. The summed E-state index contributed by atoms with van der Waals surface area (Å²) in [5.41, 5.74) is 6.69. The van der Waals surface area contributed by atoms with E-state index in [4.69, 9.17) is 10.5 Å². The number of benzene rings is 1. The van der Waals surface area contributed by atoms with Crippen LogP contribution >= 0.6 is 0 Å². The van der Waals surface area contributed by atoms with E-state index < -0.39 is 0 Å². The molecule has 1 fully saturated rings. The molecule has 0 saturated heterocycles. The molecule has 1 aliphatic rings. The molecule has 0 unspecified atom stereocenters. The molecule has 0 heterocycles. The smallest absolute Gasteiger partial charge is 0.223 e. The van der Waals surface area contributed by atoms with Crippen molar-refractivity contribution in [3.63, 3.8) is 0 Å². The van der Waals surface area contributed by atoms with E-state index >= 15 is 0 Å². The molecule has 1 aliphatic carbocycles. The summed E-state index contributed by atoms with van der Waals surface area (Å²) in [4.78, 5) is 12.2. The van der Waals surface area contributed by atoms with Crippen molar-refractivity contribution in [3.05, 3.63) is 29.8 Å². The summed E-state index contributed by atoms with van der Waals surface area (Å²) in [6.07, 6.45) is 4.06. The van der Waals surface area contributed by atoms with Crippen LogP contribution in [-0.2, 0) is 11.3 Å². The summed E-state index contributed by atoms with van der Waals surface area (Å²) in [6, 6.07) is 7.77. The Morgan fingerprint density at radius 1 is 1.30 bits per heavy atom. The average molecular weight is 276 g/mol. The first kappa shape index (κ1) is 14.9. The second-order valence-electron chi connectivity index (χ2n) is 5.48. The van der Waals surface area contributed by atoms with Crippen molar-refractivity contribution >= 4 is 5.91 Å². The zero-order valence-electron chi connectivity index (χ0n) is 12.1. The van der Waals surface area contributed by atoms with Gasteiger partial charge in [0.2, 0.25) is 5.91 Å². The number of hydrogen-bond acceptors (Lipinski definition) is 3. The second-order valence-corrected chi connectivity index (χ2v) is 5.48. The van der Waals surface area contributed by atoms with Crippen molar-refractivity contribution in [2.24, 2.45) is 17.6 Å². The zero-order valence-corrected chi connectivity index (χ0v) is 12.1. The summed E-state index contributed by atoms with van der Waals surface area (Å²) in [5, 5.41) is 3.03. The van der Waals surface area contributed by atoms with Crippen molar-refractivity contribution in [2.45, 2.75) is 32.2 Å². The van der Waals surface area contributed by atoms with E-state index in [0.717, 1.165) is 43.5 Å². The minimum absolute atomic E-state index is 0.146. The second kappa shape index (κ2) is 7.29. The molecule has 0 atom stereocenters. The van der Waals surface area contributed by atoms with Crippen LogP contribution in [0.2, 0.25) is 0 Å². The predicted octanol–water partition coefficient (Wildman–Crippen LogP) is 2.08. The maximum Gasteiger partial charge on any atom is 0.223 e. The molecule has 0 aliphatic heterocycles. The third kappa shape index (κ3) is 3.73. The van der Waals surface area contributed by atoms with Gasteiger partial charge in [-0.25, -0.2) is 0 Å². The first-order valence-corrected chi connectivity index (χ1v) is 7.34. The Bertz CT molecular complexity index is 440. The summed E-state index contributed by atoms with van der Waals surface area (Å²) >= 11 is 0. The molecule has 1 saturated carbocycles. The first-order chi connectivity index (χ1) is 9.74. The topological polar surface area (TPSA) is 64.3 Å². The fourth-order valence-electron chi connectivity index (χ4n) is 2.84. The van der Waals surface area contributed by atoms with E-state index in [9.17, 15) is 4.79 Å². The van der Waals surface area contributed by atoms with Gasteiger partial charge in [0.1, 0.15) is 5.75 Å². The minimum Gasteiger partial charge on any atom is -0.496 e. The highest BCUT2D eigenvalue weighted by atomic mass is 16.5. The fraction of sp³-hybridized carbons (Fsp3) is 0.562. The van der Waals surface area contributed by atoms with E-state index in [1.807, 2.05) is 24.3 Å². The van der Waals surface area contributed by atoms with Crippen LogP contribution < -0.4 is 15.8 Å². The Labute approximate surface area is 120 Å². The molecule has 1 aromatic carbocycles. The van der Waals surface area contributed by atoms with Gasteiger partial charge < -0.3 is 15.8 Å². The van der Waals surface area contributed by atoms with Gasteiger partial charge in [-0.2, -0.15) is 0 Å². The Kier molecular flexibility index (Phi) is 5.41. The molecule has 0 radical (unpaired) electrons. The molecule has 4 nitrogen and oxygen atoms in total. The van der Waals surface area contributed by atoms with Crippen LogP contribution in [0.25, 0.3) is 0 Å². The van der Waals surface area contributed by atoms with Crippen LogP contribution in [0.1, 0.15) is 31.2 Å². The Morgan fingerprint density at radius 3 is 2.65 bits per heavy atom. The number of rotatable bonds is 5. The number of carbonyl (C=O) groups excluding carboxylic acids is 1. The summed E-state index contributed by atoms with van der Waals surface area (Å²) in [7, 11) is 1.65. The largest absolute Gasteiger partial charge is 0.496 e. The van der Waals surface area contributed by atoms with Crippen molar-refractivity contribution in [1.82, 2.24) is 5.32 Å². The molecule has 0 bridgehead atoms. The molecular formula is C16H24N2O2. The van der Waals surface area contributed by atoms with E-state index in [-0.39, 0.29) is 11.8 Å². The molecule has 0 spiro atoms. The van der Waals surface area contributed by atoms with Gasteiger partial charge in [0.15, 0.2) is 0 Å². The highest BCUT2D eigenvalue weighted by molar-refractivity contribution is 5.78. The van der Waals surface area contributed by atoms with Gasteiger partial charge in [0, 0.05) is 18.0 Å². The average Bonchev–Trinajstić information content (AvgIpc) is 2.53. The molecule has 3 N–H and O–H groups in total. The molecule has 0 aromatic heterocycles. The quantitative estimate of drug-likeness (QED) is 0.865. The van der Waals surface area contributed by atoms with Crippen LogP contribution in [0.3, 0.4) is 0 Å². The third-order valence-electron chi connectivity index (χ3n) is 4.20. The third-order valence-corrected chi connectivity index (χ3v) is 4.20. The number of carbonyl (C=O) groups is 1. The van der Waals surface area contributed by atoms with Crippen LogP contribution in [0, 0.1) is 11.8 Å². The lowest BCUT2D eigenvalue weighted by Gasteiger charge is -2.26. The van der Waals surface area contributed by atoms with E-state index in [1.54, 1.807) is 7.11 Å². The Balaban J connectivity index is 1.83. The standard InChI is InChI=1S/C16H24N2O2/c1-20-15-5-3-2-4-14(15)11-18-16(19)13-8-6-12(10-17)7-9-13/h2-5,12-13H,6-11,17H2,1H3,(H,18,19). The van der Waals surface area contributed by atoms with Gasteiger partial charge in [0.25, 0.3) is 0 Å². The van der Waals surface area contributed by atoms with Crippen molar-refractivity contribution < 1.29 is 9.53 Å². The summed E-state index contributed by atoms with van der Waals surface area (Å²) < 4.78 is 5.29. The maximum absolute atomic E-state index is 12.2. The predicted molar refractivity (Wildman–Crippen MR) is 79.3 cm³/mol. The van der Waals surface area contributed by atoms with Crippen LogP contribution in [-0.4, -0.2) is 19.6 Å². The van der Waals surface area contributed by atoms with Crippen LogP contribution in [0.4, 0.5) is 0 Å². The molecule has 4 heteroatoms. The lowest BCUT2D eigenvalue weighted by atomic mass is 9.81. The number of ether oxygens (including phenoxy) is 1. The molecular weight excluding hydrogens is 252 g/mol. The summed E-state index contributed by atoms with van der Waals surface area (Å²) in [6.45, 7) is 1.27. The van der Waals surface area contributed by atoms with E-state index in [1.165, 1.54) is 0 Å². The normalized spacial score (nSPS) is 22.3. The van der Waals surface area contributed by atoms with E-state index in [2.05, 4.69) is 5.32 Å². The highest BCUT2D eigenvalue weighted by Crippen LogP contribution is 2.28. The van der Waals surface area contributed by atoms with Gasteiger partial charge in [-0.05, 0) is 44.2 Å². The van der Waals surface area contributed by atoms with Crippen molar-refractivity contribution in [3.8, 4) is 5.75 Å². The molecule has 1 amide bonds. The lowest BCUT2D eigenvalue weighted by Crippen LogP contribution is -2.34. The monoisotopic (exact) mass is 276 g/mol. The minimum atomic E-state index is 0.146. The number of hydrogen-bond donors (Lipinski definition) is 2. The van der Waals surface area contributed by atoms with E-state index in [0.29, 0.717) is 12.5 Å². The zero-order chi connectivity index (χ0) is 14.4. The SMILES string of the molecule is COc1ccccc1CNC(=O)C1CCC(CN)CC1. The van der Waals surface area contributed by atoms with Crippen molar-refractivity contribution in [1.29, 1.82) is 0 Å². The van der Waals surface area contributed by atoms with Crippen LogP contribution in [0.5, 0.6) is 5.75 Å². The Hall–Kier alpha value is -1.55. The molecule has 1 aromatic rings. The molecule has 2 rings (SSSR count). The van der Waals surface area contributed by atoms with Gasteiger partial charge >= 0.3 is 0 Å². The number of para-hydroxylation sites is 1. The van der Waals surface area contributed by atoms with Crippen LogP contribution in [0.15, 0.2) is 24.3 Å². The summed E-state index contributed by atoms with van der Waals surface area (Å²) in [5.74, 6) is 1.73. The number of nitrogens with two attached hydrogens (primary N) is 1. The molecule has 110 valence electrons. The number of amides is 1. The number of methoxy groups -OCH3 is 1. The van der Waals surface area contributed by atoms with Crippen molar-refractivity contribution in [2.75, 3.05) is 13.7 Å². The lowest BCUT2D eigenvalue weighted by molar-refractivity contribution is -0.126. The van der Waals surface area contributed by atoms with Gasteiger partial charge in [-0.3, -0.25) is 4.79 Å². The Morgan fingerprint density at radius 2 is 2.00 bits per heavy atom. The fourth-order valence-corrected chi connectivity index (χ4v) is 2.84. The maximum atomic E-state index is 12.2. The number of nitrogens with one attached hydrogen (secondary N) is 1. The van der Waals surface area contributed by atoms with Gasteiger partial charge in [-0.15, -0.1) is 0 Å². The van der Waals surface area contributed by atoms with Gasteiger partial charge in [0.05, 0.1) is 7.11 Å². The molecule has 20 heavy (non-hydrogen) atoms. The van der Waals surface area contributed by atoms with Gasteiger partial charge in [-0.1, -0.05) is 18.2 Å². The first-order valence-electron chi connectivity index (χ1n) is 7.34.